The Kier molecular flexibility index (Phi) is 3.44. The van der Waals surface area contributed by atoms with Gasteiger partial charge in [0, 0.05) is 23.4 Å². The van der Waals surface area contributed by atoms with E-state index in [-0.39, 0.29) is 18.4 Å². The highest BCUT2D eigenvalue weighted by atomic mass is 16.7. The van der Waals surface area contributed by atoms with Crippen LogP contribution in [-0.2, 0) is 14.4 Å². The second-order valence-electron chi connectivity index (χ2n) is 3.70. The summed E-state index contributed by atoms with van der Waals surface area (Å²) in [6, 6.07) is 5.59. The second kappa shape index (κ2) is 5.19. The molecule has 0 bridgehead atoms. The summed E-state index contributed by atoms with van der Waals surface area (Å²) in [5.41, 5.74) is 8.71. The Morgan fingerprint density at radius 1 is 1.21 bits per heavy atom. The van der Waals surface area contributed by atoms with E-state index < -0.39 is 17.8 Å². The highest BCUT2D eigenvalue weighted by molar-refractivity contribution is 6.02. The van der Waals surface area contributed by atoms with Crippen molar-refractivity contribution < 1.29 is 19.2 Å². The van der Waals surface area contributed by atoms with E-state index in [1.807, 2.05) is 0 Å². The molecule has 1 aromatic carbocycles. The molecule has 0 spiro atoms. The van der Waals surface area contributed by atoms with Crippen LogP contribution in [0.3, 0.4) is 0 Å². The maximum Gasteiger partial charge on any atom is 0.363 e. The predicted octanol–water partition coefficient (Wildman–Crippen LogP) is 1.85. The van der Waals surface area contributed by atoms with Crippen LogP contribution in [0.4, 0.5) is 5.69 Å². The first-order chi connectivity index (χ1) is 9.11. The maximum atomic E-state index is 11.7. The van der Waals surface area contributed by atoms with E-state index in [2.05, 4.69) is 10.0 Å². The van der Waals surface area contributed by atoms with E-state index in [0.717, 1.165) is 0 Å². The van der Waals surface area contributed by atoms with E-state index in [1.165, 1.54) is 24.3 Å². The summed E-state index contributed by atoms with van der Waals surface area (Å²) < 4.78 is 0. The third-order valence-electron chi connectivity index (χ3n) is 2.44. The van der Waals surface area contributed by atoms with E-state index in [1.54, 1.807) is 0 Å². The number of carbonyl (C=O) groups excluding carboxylic acids is 3. The SMILES string of the molecule is [N-]=[N+]=Nc1ccc(C(=O)ON2C(=O)CCC2=O)cc1. The summed E-state index contributed by atoms with van der Waals surface area (Å²) in [5.74, 6) is -1.90. The van der Waals surface area contributed by atoms with Crippen LogP contribution in [0.25, 0.3) is 10.4 Å². The van der Waals surface area contributed by atoms with Crippen LogP contribution >= 0.6 is 0 Å². The van der Waals surface area contributed by atoms with Crippen LogP contribution in [0.2, 0.25) is 0 Å². The van der Waals surface area contributed by atoms with Crippen LogP contribution in [0.15, 0.2) is 29.4 Å². The Hall–Kier alpha value is -2.86. The number of imide groups is 1. The fourth-order valence-electron chi connectivity index (χ4n) is 1.51. The van der Waals surface area contributed by atoms with Gasteiger partial charge >= 0.3 is 5.97 Å². The van der Waals surface area contributed by atoms with E-state index >= 15 is 0 Å². The molecule has 0 unspecified atom stereocenters. The summed E-state index contributed by atoms with van der Waals surface area (Å²) in [6.45, 7) is 0. The fraction of sp³-hybridized carbons (Fsp3) is 0.182. The Labute approximate surface area is 107 Å². The fourth-order valence-corrected chi connectivity index (χ4v) is 1.51. The van der Waals surface area contributed by atoms with Crippen molar-refractivity contribution >= 4 is 23.5 Å². The first-order valence-electron chi connectivity index (χ1n) is 5.35. The number of nitrogens with zero attached hydrogens (tertiary/aromatic N) is 4. The Morgan fingerprint density at radius 3 is 2.32 bits per heavy atom. The molecule has 2 amide bonds. The minimum atomic E-state index is -0.823. The van der Waals surface area contributed by atoms with E-state index in [9.17, 15) is 14.4 Å². The van der Waals surface area contributed by atoms with Gasteiger partial charge in [-0.25, -0.2) is 4.79 Å². The van der Waals surface area contributed by atoms with Gasteiger partial charge in [0.1, 0.15) is 0 Å². The third-order valence-corrected chi connectivity index (χ3v) is 2.44. The molecule has 1 aliphatic heterocycles. The van der Waals surface area contributed by atoms with Crippen molar-refractivity contribution in [2.75, 3.05) is 0 Å². The summed E-state index contributed by atoms with van der Waals surface area (Å²) in [6.07, 6.45) is 0.0872. The molecule has 8 heteroatoms. The number of hydrogen-bond donors (Lipinski definition) is 0. The van der Waals surface area contributed by atoms with Gasteiger partial charge in [-0.2, -0.15) is 0 Å². The van der Waals surface area contributed by atoms with Gasteiger partial charge in [-0.05, 0) is 17.7 Å². The van der Waals surface area contributed by atoms with Crippen molar-refractivity contribution in [3.63, 3.8) is 0 Å². The van der Waals surface area contributed by atoms with Gasteiger partial charge in [0.25, 0.3) is 11.8 Å². The molecular formula is C11H8N4O4. The van der Waals surface area contributed by atoms with Gasteiger partial charge in [-0.15, -0.1) is 5.06 Å². The van der Waals surface area contributed by atoms with Gasteiger partial charge in [0.15, 0.2) is 0 Å². The number of amides is 2. The highest BCUT2D eigenvalue weighted by Gasteiger charge is 2.33. The van der Waals surface area contributed by atoms with Gasteiger partial charge in [0.05, 0.1) is 5.56 Å². The summed E-state index contributed by atoms with van der Waals surface area (Å²) in [4.78, 5) is 41.5. The molecular weight excluding hydrogens is 252 g/mol. The van der Waals surface area contributed by atoms with Crippen molar-refractivity contribution in [2.45, 2.75) is 12.8 Å². The standard InChI is InChI=1S/C11H8N4O4/c12-14-13-8-3-1-7(2-4-8)11(18)19-15-9(16)5-6-10(15)17/h1-4H,5-6H2. The molecule has 1 aliphatic rings. The predicted molar refractivity (Wildman–Crippen MR) is 61.8 cm³/mol. The Bertz CT molecular complexity index is 573. The summed E-state index contributed by atoms with van der Waals surface area (Å²) in [7, 11) is 0. The van der Waals surface area contributed by atoms with Crippen molar-refractivity contribution in [1.29, 1.82) is 0 Å². The number of rotatable bonds is 3. The molecule has 0 saturated carbocycles. The molecule has 1 fully saturated rings. The third kappa shape index (κ3) is 2.70. The van der Waals surface area contributed by atoms with Gasteiger partial charge in [-0.1, -0.05) is 17.2 Å². The zero-order valence-corrected chi connectivity index (χ0v) is 9.65. The molecule has 1 aromatic rings. The molecule has 19 heavy (non-hydrogen) atoms. The quantitative estimate of drug-likeness (QED) is 0.357. The van der Waals surface area contributed by atoms with Crippen LogP contribution in [-0.4, -0.2) is 22.8 Å². The van der Waals surface area contributed by atoms with Crippen molar-refractivity contribution in [3.8, 4) is 0 Å². The van der Waals surface area contributed by atoms with Gasteiger partial charge in [-0.3, -0.25) is 9.59 Å². The highest BCUT2D eigenvalue weighted by Crippen LogP contribution is 2.16. The largest absolute Gasteiger partial charge is 0.363 e. The van der Waals surface area contributed by atoms with Crippen LogP contribution in [0.1, 0.15) is 23.2 Å². The van der Waals surface area contributed by atoms with Crippen LogP contribution in [0, 0.1) is 0 Å². The maximum absolute atomic E-state index is 11.7. The number of hydrogen-bond acceptors (Lipinski definition) is 5. The Morgan fingerprint density at radius 2 is 1.79 bits per heavy atom. The monoisotopic (exact) mass is 260 g/mol. The lowest BCUT2D eigenvalue weighted by molar-refractivity contribution is -0.172. The average Bonchev–Trinajstić information content (AvgIpc) is 2.72. The molecule has 1 heterocycles. The summed E-state index contributed by atoms with van der Waals surface area (Å²) in [5, 5.41) is 3.82. The van der Waals surface area contributed by atoms with E-state index in [4.69, 9.17) is 10.4 Å². The molecule has 0 aliphatic carbocycles. The Balaban J connectivity index is 2.09. The number of benzene rings is 1. The lowest BCUT2D eigenvalue weighted by Crippen LogP contribution is -2.32. The molecule has 0 radical (unpaired) electrons. The van der Waals surface area contributed by atoms with Crippen LogP contribution in [0.5, 0.6) is 0 Å². The smallest absolute Gasteiger partial charge is 0.325 e. The van der Waals surface area contributed by atoms with Crippen LogP contribution < -0.4 is 0 Å². The number of carbonyl (C=O) groups is 3. The normalized spacial score (nSPS) is 14.2. The average molecular weight is 260 g/mol. The van der Waals surface area contributed by atoms with Gasteiger partial charge in [0.2, 0.25) is 0 Å². The van der Waals surface area contributed by atoms with Crippen molar-refractivity contribution in [2.24, 2.45) is 5.11 Å². The van der Waals surface area contributed by atoms with Crippen molar-refractivity contribution in [1.82, 2.24) is 5.06 Å². The zero-order valence-electron chi connectivity index (χ0n) is 9.65. The van der Waals surface area contributed by atoms with Gasteiger partial charge < -0.3 is 4.84 Å². The molecule has 0 N–H and O–H groups in total. The lowest BCUT2D eigenvalue weighted by Gasteiger charge is -2.12. The molecule has 0 atom stereocenters. The molecule has 8 nitrogen and oxygen atoms in total. The summed E-state index contributed by atoms with van der Waals surface area (Å²) >= 11 is 0. The lowest BCUT2D eigenvalue weighted by atomic mass is 10.2. The number of hydroxylamine groups is 2. The van der Waals surface area contributed by atoms with Crippen molar-refractivity contribution in [3.05, 3.63) is 40.3 Å². The number of azide groups is 1. The molecule has 96 valence electrons. The minimum Gasteiger partial charge on any atom is -0.325 e. The van der Waals surface area contributed by atoms with E-state index in [0.29, 0.717) is 10.8 Å². The topological polar surface area (TPSA) is 112 Å². The first kappa shape index (κ1) is 12.6. The molecule has 1 saturated heterocycles. The molecule has 0 aromatic heterocycles. The second-order valence-corrected chi connectivity index (χ2v) is 3.70. The zero-order chi connectivity index (χ0) is 13.8. The first-order valence-corrected chi connectivity index (χ1v) is 5.35. The minimum absolute atomic E-state index is 0.0436. The molecule has 2 rings (SSSR count).